The van der Waals surface area contributed by atoms with Crippen LogP contribution in [0.5, 0.6) is 0 Å². The van der Waals surface area contributed by atoms with Gasteiger partial charge in [-0.1, -0.05) is 13.0 Å². The highest BCUT2D eigenvalue weighted by Crippen LogP contribution is 2.53. The fraction of sp³-hybridized carbons (Fsp3) is 0.500. The molecular weight excluding hydrogens is 544 g/mol. The summed E-state index contributed by atoms with van der Waals surface area (Å²) in [7, 11) is 2.17. The molecule has 0 saturated carbocycles. The number of pyridine rings is 1. The maximum Gasteiger partial charge on any atom is 0.415 e. The van der Waals surface area contributed by atoms with Gasteiger partial charge in [-0.15, -0.1) is 0 Å². The molecule has 2 aromatic heterocycles. The van der Waals surface area contributed by atoms with Crippen LogP contribution < -0.4 is 20.0 Å². The normalized spacial score (nSPS) is 26.7. The van der Waals surface area contributed by atoms with Crippen molar-refractivity contribution in [2.24, 2.45) is 0 Å². The van der Waals surface area contributed by atoms with E-state index in [9.17, 15) is 4.79 Å². The molecule has 4 aliphatic rings. The fourth-order valence-electron chi connectivity index (χ4n) is 6.70. The Morgan fingerprint density at radius 1 is 0.977 bits per heavy atom. The molecule has 3 aromatic rings. The summed E-state index contributed by atoms with van der Waals surface area (Å²) in [6.45, 7) is 13.6. The number of rotatable bonds is 5. The number of likely N-dealkylation sites (N-methyl/N-ethyl adjacent to an activating group) is 1. The second-order valence-corrected chi connectivity index (χ2v) is 13.1. The van der Waals surface area contributed by atoms with Crippen molar-refractivity contribution in [2.75, 3.05) is 66.4 Å². The zero-order chi connectivity index (χ0) is 29.9. The summed E-state index contributed by atoms with van der Waals surface area (Å²) in [5.74, 6) is 2.63. The van der Waals surface area contributed by atoms with E-state index in [1.165, 1.54) is 5.69 Å². The molecule has 43 heavy (non-hydrogen) atoms. The molecule has 1 N–H and O–H groups in total. The molecule has 11 heteroatoms. The molecule has 11 nitrogen and oxygen atoms in total. The Kier molecular flexibility index (Phi) is 6.70. The molecule has 4 aliphatic heterocycles. The molecule has 6 heterocycles. The first-order valence-corrected chi connectivity index (χ1v) is 15.2. The van der Waals surface area contributed by atoms with E-state index in [-0.39, 0.29) is 29.3 Å². The predicted octanol–water partition coefficient (Wildman–Crippen LogP) is 4.69. The van der Waals surface area contributed by atoms with Crippen molar-refractivity contribution in [3.63, 3.8) is 0 Å². The minimum absolute atomic E-state index is 0.0471. The number of aromatic nitrogens is 3. The van der Waals surface area contributed by atoms with Crippen molar-refractivity contribution in [3.8, 4) is 0 Å². The number of nitrogens with zero attached hydrogens (tertiary/aromatic N) is 7. The van der Waals surface area contributed by atoms with Gasteiger partial charge in [-0.2, -0.15) is 4.98 Å². The summed E-state index contributed by atoms with van der Waals surface area (Å²) < 4.78 is 11.7. The summed E-state index contributed by atoms with van der Waals surface area (Å²) in [4.78, 5) is 35.9. The van der Waals surface area contributed by atoms with E-state index in [0.717, 1.165) is 55.5 Å². The Hall–Kier alpha value is -3.96. The first-order valence-electron chi connectivity index (χ1n) is 15.2. The highest BCUT2D eigenvalue weighted by Gasteiger charge is 2.55. The van der Waals surface area contributed by atoms with Crippen molar-refractivity contribution < 1.29 is 14.3 Å². The molecule has 1 aromatic carbocycles. The minimum atomic E-state index is -0.372. The Bertz CT molecular complexity index is 1520. The van der Waals surface area contributed by atoms with E-state index >= 15 is 0 Å². The number of fused-ring (bicyclic) bond motifs is 3. The summed E-state index contributed by atoms with van der Waals surface area (Å²) in [6, 6.07) is 14.3. The molecule has 0 bridgehead atoms. The lowest BCUT2D eigenvalue weighted by molar-refractivity contribution is -0.0893. The number of hydrogen-bond donors (Lipinski definition) is 1. The highest BCUT2D eigenvalue weighted by molar-refractivity contribution is 5.89. The van der Waals surface area contributed by atoms with Crippen LogP contribution in [0.15, 0.2) is 48.7 Å². The topological polar surface area (TPSA) is 99.2 Å². The minimum Gasteiger partial charge on any atom is -0.444 e. The second-order valence-electron chi connectivity index (χ2n) is 13.1. The second kappa shape index (κ2) is 10.3. The number of carbonyl (C=O) groups is 1. The maximum absolute atomic E-state index is 12.5. The smallest absolute Gasteiger partial charge is 0.415 e. The van der Waals surface area contributed by atoms with Crippen molar-refractivity contribution in [3.05, 3.63) is 54.2 Å². The predicted molar refractivity (Wildman–Crippen MR) is 167 cm³/mol. The van der Waals surface area contributed by atoms with Gasteiger partial charge < -0.3 is 29.5 Å². The van der Waals surface area contributed by atoms with E-state index in [4.69, 9.17) is 24.4 Å². The Morgan fingerprint density at radius 2 is 1.72 bits per heavy atom. The van der Waals surface area contributed by atoms with Gasteiger partial charge in [0.2, 0.25) is 5.95 Å². The molecular formula is C32H40N8O3. The molecule has 7 rings (SSSR count). The zero-order valence-electron chi connectivity index (χ0n) is 25.6. The molecule has 226 valence electrons. The largest absolute Gasteiger partial charge is 0.444 e. The average Bonchev–Trinajstić information content (AvgIpc) is 3.45. The van der Waals surface area contributed by atoms with E-state index in [0.29, 0.717) is 24.9 Å². The lowest BCUT2D eigenvalue weighted by atomic mass is 9.73. The Balaban J connectivity index is 1.21. The van der Waals surface area contributed by atoms with Crippen molar-refractivity contribution >= 4 is 40.9 Å². The molecule has 1 amide bonds. The molecule has 3 fully saturated rings. The van der Waals surface area contributed by atoms with E-state index < -0.39 is 0 Å². The van der Waals surface area contributed by atoms with Crippen LogP contribution in [0.2, 0.25) is 0 Å². The highest BCUT2D eigenvalue weighted by atomic mass is 16.6. The fourth-order valence-corrected chi connectivity index (χ4v) is 6.70. The van der Waals surface area contributed by atoms with Crippen LogP contribution in [0.1, 0.15) is 39.7 Å². The molecule has 0 radical (unpaired) electrons. The molecule has 0 unspecified atom stereocenters. The Morgan fingerprint density at radius 3 is 2.44 bits per heavy atom. The third-order valence-electron chi connectivity index (χ3n) is 9.30. The van der Waals surface area contributed by atoms with Gasteiger partial charge in [0.25, 0.3) is 0 Å². The Labute approximate surface area is 252 Å². The monoisotopic (exact) mass is 584 g/mol. The average molecular weight is 585 g/mol. The number of hydrogen-bond acceptors (Lipinski definition) is 10. The van der Waals surface area contributed by atoms with Crippen LogP contribution in [0.25, 0.3) is 0 Å². The first-order chi connectivity index (χ1) is 20.6. The number of ether oxygens (including phenoxy) is 2. The van der Waals surface area contributed by atoms with E-state index in [1.54, 1.807) is 4.90 Å². The standard InChI is InChI=1S/C32H40N8O3/c1-21-19-39(30(41)43-21)26-7-6-8-27(35-26)40-25-17-31(2,3)42-20-32(25,4)24-18-33-29(36-28(24)40)34-22-9-11-23(12-10-22)38-15-13-37(5)14-16-38/h6-12,18,21,25H,13-17,19-20H2,1-5H3,(H,33,34,36)/t21-,25-,32-/m0/s1. The van der Waals surface area contributed by atoms with E-state index in [1.807, 2.05) is 31.3 Å². The van der Waals surface area contributed by atoms with Crippen LogP contribution in [-0.4, -0.2) is 90.1 Å². The summed E-state index contributed by atoms with van der Waals surface area (Å²) in [6.07, 6.45) is 2.16. The van der Waals surface area contributed by atoms with Crippen molar-refractivity contribution in [1.82, 2.24) is 19.9 Å². The van der Waals surface area contributed by atoms with Crippen LogP contribution >= 0.6 is 0 Å². The molecule has 3 atom stereocenters. The van der Waals surface area contributed by atoms with Gasteiger partial charge in [-0.3, -0.25) is 4.90 Å². The van der Waals surface area contributed by atoms with Gasteiger partial charge in [0.05, 0.1) is 24.8 Å². The van der Waals surface area contributed by atoms with Gasteiger partial charge in [-0.25, -0.2) is 14.8 Å². The third kappa shape index (κ3) is 5.04. The molecule has 0 aliphatic carbocycles. The van der Waals surface area contributed by atoms with Crippen LogP contribution in [0.4, 0.5) is 39.6 Å². The molecule has 3 saturated heterocycles. The summed E-state index contributed by atoms with van der Waals surface area (Å²) in [5, 5.41) is 3.42. The number of carbonyl (C=O) groups excluding carboxylic acids is 1. The van der Waals surface area contributed by atoms with Crippen LogP contribution in [0.3, 0.4) is 0 Å². The SMILES string of the molecule is C[C@H]1CN(c2cccc(N3c4nc(Nc5ccc(N6CCN(C)CC6)cc5)ncc4[C@]4(C)COC(C)(C)C[C@H]34)n2)C(=O)O1. The van der Waals surface area contributed by atoms with Crippen molar-refractivity contribution in [2.45, 2.75) is 57.3 Å². The summed E-state index contributed by atoms with van der Waals surface area (Å²) in [5.41, 5.74) is 2.55. The number of cyclic esters (lactones) is 1. The van der Waals surface area contributed by atoms with E-state index in [2.05, 4.69) is 72.1 Å². The first kappa shape index (κ1) is 27.8. The van der Waals surface area contributed by atoms with Gasteiger partial charge in [-0.05, 0) is 70.6 Å². The number of piperazine rings is 1. The maximum atomic E-state index is 12.5. The number of amides is 1. The molecule has 0 spiro atoms. The van der Waals surface area contributed by atoms with Gasteiger partial charge in [0.1, 0.15) is 23.6 Å². The number of nitrogens with one attached hydrogen (secondary N) is 1. The number of anilines is 6. The zero-order valence-corrected chi connectivity index (χ0v) is 25.6. The van der Waals surface area contributed by atoms with Gasteiger partial charge in [0.15, 0.2) is 0 Å². The van der Waals surface area contributed by atoms with Gasteiger partial charge >= 0.3 is 6.09 Å². The van der Waals surface area contributed by atoms with Crippen LogP contribution in [0, 0.1) is 0 Å². The van der Waals surface area contributed by atoms with Crippen LogP contribution in [-0.2, 0) is 14.9 Å². The quantitative estimate of drug-likeness (QED) is 0.455. The summed E-state index contributed by atoms with van der Waals surface area (Å²) >= 11 is 0. The lowest BCUT2D eigenvalue weighted by Gasteiger charge is -2.46. The van der Waals surface area contributed by atoms with Gasteiger partial charge in [0, 0.05) is 54.7 Å². The third-order valence-corrected chi connectivity index (χ3v) is 9.30. The lowest BCUT2D eigenvalue weighted by Crippen LogP contribution is -2.54. The van der Waals surface area contributed by atoms with Crippen molar-refractivity contribution in [1.29, 1.82) is 0 Å². The number of benzene rings is 1.